The maximum absolute atomic E-state index is 11.0. The van der Waals surface area contributed by atoms with Crippen molar-refractivity contribution < 1.29 is 122 Å². The molecular formula is CHFK2O3P2. The third kappa shape index (κ3) is 14.4. The number of halogens is 1. The van der Waals surface area contributed by atoms with Crippen LogP contribution in [0.3, 0.4) is 0 Å². The van der Waals surface area contributed by atoms with E-state index in [9.17, 15) is 8.99 Å². The summed E-state index contributed by atoms with van der Waals surface area (Å²) >= 11 is 0. The number of carbonyl (C=O) groups excluding carboxylic acids is 1. The summed E-state index contributed by atoms with van der Waals surface area (Å²) in [7, 11) is -0.818. The van der Waals surface area contributed by atoms with Gasteiger partial charge in [0.1, 0.15) is 0 Å². The Kier molecular flexibility index (Phi) is 28.6. The Hall–Kier alpha value is 3.49. The van der Waals surface area contributed by atoms with Gasteiger partial charge < -0.3 is 25.9 Å². The van der Waals surface area contributed by atoms with Crippen LogP contribution in [0.25, 0.3) is 0 Å². The van der Waals surface area contributed by atoms with Crippen LogP contribution in [0.15, 0.2) is 0 Å². The second-order valence-electron chi connectivity index (χ2n) is 0.533. The van der Waals surface area contributed by atoms with Crippen LogP contribution in [-0.4, -0.2) is 11.0 Å². The van der Waals surface area contributed by atoms with E-state index >= 15 is 0 Å². The topological polar surface area (TPSA) is 46.5 Å². The van der Waals surface area contributed by atoms with Crippen molar-refractivity contribution in [3.63, 3.8) is 0 Å². The van der Waals surface area contributed by atoms with E-state index in [0.717, 1.165) is 0 Å². The zero-order valence-electron chi connectivity index (χ0n) is 5.04. The Morgan fingerprint density at radius 2 is 2.00 bits per heavy atom. The number of rotatable bonds is 2. The van der Waals surface area contributed by atoms with E-state index in [4.69, 9.17) is 5.26 Å². The minimum Gasteiger partial charge on any atom is -0.578 e. The van der Waals surface area contributed by atoms with Crippen LogP contribution in [-0.2, 0) is 4.89 Å². The SMILES string of the molecule is O=C(OO)[P-][P-]F.[K+].[K+]. The van der Waals surface area contributed by atoms with E-state index < -0.39 is 14.3 Å². The van der Waals surface area contributed by atoms with E-state index in [1.165, 1.54) is 0 Å². The van der Waals surface area contributed by atoms with E-state index in [1.807, 2.05) is 0 Å². The second-order valence-corrected chi connectivity index (χ2v) is 2.30. The molecule has 0 aliphatic heterocycles. The average Bonchev–Trinajstić information content (AvgIpc) is 1.68. The van der Waals surface area contributed by atoms with Crippen LogP contribution < -0.4 is 103 Å². The van der Waals surface area contributed by atoms with E-state index in [2.05, 4.69) is 4.89 Å². The molecule has 0 heterocycles. The third-order valence-electron chi connectivity index (χ3n) is 0.198. The standard InChI is InChI=1S/CHFO3P2.2K/c2-7-6-1(3)5-4;;/h4H;;/q-2;2*+1. The van der Waals surface area contributed by atoms with E-state index in [-0.39, 0.29) is 111 Å². The summed E-state index contributed by atoms with van der Waals surface area (Å²) in [5.74, 6) is 0. The van der Waals surface area contributed by atoms with Crippen molar-refractivity contribution in [1.82, 2.24) is 0 Å². The summed E-state index contributed by atoms with van der Waals surface area (Å²) in [6.07, 6.45) is 0. The predicted octanol–water partition coefficient (Wildman–Crippen LogP) is -3.70. The van der Waals surface area contributed by atoms with Crippen molar-refractivity contribution in [3.05, 3.63) is 0 Å². The molecule has 0 aromatic heterocycles. The molecule has 0 atom stereocenters. The fraction of sp³-hybridized carbons (Fsp3) is 0. The molecule has 0 radical (unpaired) electrons. The van der Waals surface area contributed by atoms with Gasteiger partial charge in [-0.2, -0.15) is 0 Å². The van der Waals surface area contributed by atoms with Gasteiger partial charge in [-0.1, -0.05) is 0 Å². The van der Waals surface area contributed by atoms with Crippen molar-refractivity contribution >= 4 is 22.6 Å². The molecule has 42 valence electrons. The molecule has 0 unspecified atom stereocenters. The normalized spacial score (nSPS) is 9.11. The molecule has 0 aromatic carbocycles. The quantitative estimate of drug-likeness (QED) is 0.225. The monoisotopic (exact) mass is 220 g/mol. The van der Waals surface area contributed by atoms with Crippen LogP contribution in [0.1, 0.15) is 0 Å². The van der Waals surface area contributed by atoms with Crippen LogP contribution in [0.4, 0.5) is 8.99 Å². The Morgan fingerprint density at radius 3 is 2.11 bits per heavy atom. The molecule has 0 fully saturated rings. The first-order valence-electron chi connectivity index (χ1n) is 1.18. The summed E-state index contributed by atoms with van der Waals surface area (Å²) in [4.78, 5) is 12.8. The molecule has 9 heavy (non-hydrogen) atoms. The van der Waals surface area contributed by atoms with Crippen LogP contribution in [0.2, 0.25) is 0 Å². The maximum atomic E-state index is 11.0. The first-order chi connectivity index (χ1) is 3.31. The molecule has 0 bridgehead atoms. The predicted molar refractivity (Wildman–Crippen MR) is 24.1 cm³/mol. The summed E-state index contributed by atoms with van der Waals surface area (Å²) < 4.78 is 11.0. The molecule has 0 aromatic rings. The first kappa shape index (κ1) is 18.3. The number of hydrogen-bond donors (Lipinski definition) is 1. The van der Waals surface area contributed by atoms with Gasteiger partial charge in [-0.25, -0.2) is 5.26 Å². The molecule has 8 heteroatoms. The average molecular weight is 220 g/mol. The summed E-state index contributed by atoms with van der Waals surface area (Å²) in [6.45, 7) is 0. The molecule has 1 N–H and O–H groups in total. The van der Waals surface area contributed by atoms with Crippen molar-refractivity contribution in [2.24, 2.45) is 0 Å². The molecule has 0 saturated heterocycles. The molecule has 3 nitrogen and oxygen atoms in total. The zero-order valence-corrected chi connectivity index (χ0v) is 13.1. The fourth-order valence-corrected chi connectivity index (χ4v) is 0.442. The molecule has 0 spiro atoms. The molecule has 0 amide bonds. The van der Waals surface area contributed by atoms with Gasteiger partial charge in [0, 0.05) is 0 Å². The van der Waals surface area contributed by atoms with Gasteiger partial charge in [0.25, 0.3) is 0 Å². The summed E-state index contributed by atoms with van der Waals surface area (Å²) in [5, 5.41) is 7.44. The minimum absolute atomic E-state index is 0. The Labute approximate surface area is 141 Å². The minimum atomic E-state index is -0.982. The van der Waals surface area contributed by atoms with Gasteiger partial charge in [-0.15, -0.1) is 0 Å². The Balaban J connectivity index is -0.000000180. The van der Waals surface area contributed by atoms with Crippen molar-refractivity contribution in [2.45, 2.75) is 0 Å². The first-order valence-corrected chi connectivity index (χ1v) is 3.57. The second kappa shape index (κ2) is 14.0. The largest absolute Gasteiger partial charge is 1.00 e. The molecule has 0 rings (SSSR count). The van der Waals surface area contributed by atoms with E-state index in [1.54, 1.807) is 0 Å². The van der Waals surface area contributed by atoms with E-state index in [0.29, 0.717) is 0 Å². The zero-order chi connectivity index (χ0) is 5.70. The third-order valence-corrected chi connectivity index (χ3v) is 1.23. The summed E-state index contributed by atoms with van der Waals surface area (Å²) in [5.41, 5.74) is -0.982. The van der Waals surface area contributed by atoms with Gasteiger partial charge in [0.05, 0.1) is 0 Å². The number of hydrogen-bond acceptors (Lipinski definition) is 3. The van der Waals surface area contributed by atoms with Gasteiger partial charge >= 0.3 is 103 Å². The molecular weight excluding hydrogens is 219 g/mol. The fourth-order valence-electron chi connectivity index (χ4n) is 0.0491. The Bertz CT molecular complexity index is 72.8. The molecule has 0 aliphatic carbocycles. The van der Waals surface area contributed by atoms with Gasteiger partial charge in [0.15, 0.2) is 5.71 Å². The van der Waals surface area contributed by atoms with Gasteiger partial charge in [0.2, 0.25) is 0 Å². The van der Waals surface area contributed by atoms with Gasteiger partial charge in [-0.3, -0.25) is 4.79 Å². The van der Waals surface area contributed by atoms with Crippen LogP contribution >= 0.6 is 16.8 Å². The molecule has 0 saturated carbocycles. The van der Waals surface area contributed by atoms with Gasteiger partial charge in [-0.05, 0) is 0 Å². The smallest absolute Gasteiger partial charge is 0.578 e. The summed E-state index contributed by atoms with van der Waals surface area (Å²) in [6, 6.07) is 0. The van der Waals surface area contributed by atoms with Crippen molar-refractivity contribution in [1.29, 1.82) is 0 Å². The van der Waals surface area contributed by atoms with Crippen LogP contribution in [0.5, 0.6) is 0 Å². The maximum Gasteiger partial charge on any atom is 1.00 e. The number of carbonyl (C=O) groups is 1. The van der Waals surface area contributed by atoms with Crippen LogP contribution in [0, 0.1) is 0 Å². The Morgan fingerprint density at radius 1 is 1.56 bits per heavy atom. The molecule has 0 aliphatic rings. The van der Waals surface area contributed by atoms with Crippen molar-refractivity contribution in [3.8, 4) is 0 Å². The van der Waals surface area contributed by atoms with Crippen molar-refractivity contribution in [2.75, 3.05) is 0 Å².